The van der Waals surface area contributed by atoms with Crippen molar-refractivity contribution in [3.8, 4) is 0 Å². The van der Waals surface area contributed by atoms with Gasteiger partial charge in [-0.3, -0.25) is 9.69 Å². The van der Waals surface area contributed by atoms with Gasteiger partial charge in [-0.25, -0.2) is 0 Å². The lowest BCUT2D eigenvalue weighted by atomic mass is 10.1. The molecule has 0 spiro atoms. The lowest BCUT2D eigenvalue weighted by Gasteiger charge is -2.24. The van der Waals surface area contributed by atoms with Gasteiger partial charge in [0.05, 0.1) is 0 Å². The van der Waals surface area contributed by atoms with Crippen LogP contribution in [0.3, 0.4) is 0 Å². The van der Waals surface area contributed by atoms with Crippen LogP contribution in [0.5, 0.6) is 0 Å². The second-order valence-electron chi connectivity index (χ2n) is 5.56. The van der Waals surface area contributed by atoms with Crippen molar-refractivity contribution >= 4 is 28.5 Å². The van der Waals surface area contributed by atoms with E-state index in [0.29, 0.717) is 6.04 Å². The van der Waals surface area contributed by atoms with E-state index in [1.807, 2.05) is 17.0 Å². The van der Waals surface area contributed by atoms with Gasteiger partial charge in [0, 0.05) is 34.8 Å². The Morgan fingerprint density at radius 1 is 1.37 bits per heavy atom. The monoisotopic (exact) mass is 370 g/mol. The molecule has 1 fully saturated rings. The van der Waals surface area contributed by atoms with Gasteiger partial charge in [-0.05, 0) is 72.7 Å². The van der Waals surface area contributed by atoms with Crippen LogP contribution in [0, 0.1) is 3.57 Å². The molecule has 3 rings (SSSR count). The third kappa shape index (κ3) is 2.65. The molecule has 19 heavy (non-hydrogen) atoms. The zero-order valence-electron chi connectivity index (χ0n) is 11.2. The van der Waals surface area contributed by atoms with Crippen LogP contribution >= 0.6 is 22.6 Å². The number of likely N-dealkylation sites (tertiary alicyclic amines) is 1. The van der Waals surface area contributed by atoms with Crippen molar-refractivity contribution in [2.45, 2.75) is 32.4 Å². The Labute approximate surface area is 128 Å². The lowest BCUT2D eigenvalue weighted by Crippen LogP contribution is -2.36. The van der Waals surface area contributed by atoms with E-state index < -0.39 is 0 Å². The number of benzene rings is 1. The number of carbonyl (C=O) groups is 1. The Hall–Kier alpha value is -0.620. The molecule has 1 atom stereocenters. The van der Waals surface area contributed by atoms with E-state index in [9.17, 15) is 4.79 Å². The van der Waals surface area contributed by atoms with Crippen LogP contribution in [0.4, 0.5) is 0 Å². The van der Waals surface area contributed by atoms with Crippen molar-refractivity contribution < 1.29 is 4.79 Å². The van der Waals surface area contributed by atoms with Crippen LogP contribution in [0.15, 0.2) is 18.2 Å². The van der Waals surface area contributed by atoms with Crippen molar-refractivity contribution in [3.05, 3.63) is 32.9 Å². The molecule has 0 saturated carbocycles. The van der Waals surface area contributed by atoms with E-state index in [1.54, 1.807) is 0 Å². The summed E-state index contributed by atoms with van der Waals surface area (Å²) in [6.07, 6.45) is 2.60. The highest BCUT2D eigenvalue weighted by molar-refractivity contribution is 14.1. The summed E-state index contributed by atoms with van der Waals surface area (Å²) in [5.41, 5.74) is 2.08. The largest absolute Gasteiger partial charge is 0.333 e. The van der Waals surface area contributed by atoms with Gasteiger partial charge in [0.2, 0.25) is 0 Å². The molecule has 1 aromatic rings. The Morgan fingerprint density at radius 3 is 2.95 bits per heavy atom. The summed E-state index contributed by atoms with van der Waals surface area (Å²) in [5.74, 6) is 0.207. The van der Waals surface area contributed by atoms with E-state index in [-0.39, 0.29) is 5.91 Å². The second kappa shape index (κ2) is 5.40. The van der Waals surface area contributed by atoms with Crippen molar-refractivity contribution in [1.29, 1.82) is 0 Å². The maximum atomic E-state index is 12.3. The summed E-state index contributed by atoms with van der Waals surface area (Å²) in [5, 5.41) is 0. The lowest BCUT2D eigenvalue weighted by molar-refractivity contribution is 0.0756. The molecule has 2 heterocycles. The number of halogens is 1. The van der Waals surface area contributed by atoms with E-state index in [0.717, 1.165) is 25.2 Å². The Balaban J connectivity index is 1.64. The second-order valence-corrected chi connectivity index (χ2v) is 6.80. The first-order valence-corrected chi connectivity index (χ1v) is 8.05. The third-order valence-corrected chi connectivity index (χ3v) is 4.96. The van der Waals surface area contributed by atoms with E-state index in [1.165, 1.54) is 28.5 Å². The summed E-state index contributed by atoms with van der Waals surface area (Å²) in [6.45, 7) is 6.13. The Morgan fingerprint density at radius 2 is 2.21 bits per heavy atom. The smallest absolute Gasteiger partial charge is 0.254 e. The van der Waals surface area contributed by atoms with E-state index in [2.05, 4.69) is 40.5 Å². The first-order valence-electron chi connectivity index (χ1n) is 6.97. The number of hydrogen-bond donors (Lipinski definition) is 0. The van der Waals surface area contributed by atoms with E-state index >= 15 is 0 Å². The van der Waals surface area contributed by atoms with Crippen LogP contribution in [0.25, 0.3) is 0 Å². The van der Waals surface area contributed by atoms with Crippen LogP contribution in [-0.4, -0.2) is 41.4 Å². The third-order valence-electron chi connectivity index (χ3n) is 4.29. The molecule has 0 radical (unpaired) electrons. The molecule has 102 valence electrons. The molecular formula is C15H19IN2O. The highest BCUT2D eigenvalue weighted by atomic mass is 127. The molecule has 0 aromatic heterocycles. The molecule has 0 bridgehead atoms. The van der Waals surface area contributed by atoms with Crippen molar-refractivity contribution in [3.63, 3.8) is 0 Å². The molecule has 3 nitrogen and oxygen atoms in total. The fraction of sp³-hybridized carbons (Fsp3) is 0.533. The minimum atomic E-state index is 0.207. The molecule has 0 aliphatic carbocycles. The predicted octanol–water partition coefficient (Wildman–Crippen LogP) is 2.73. The molecule has 0 N–H and O–H groups in total. The number of carbonyl (C=O) groups excluding carboxylic acids is 1. The number of rotatable bonds is 3. The van der Waals surface area contributed by atoms with Gasteiger partial charge in [-0.2, -0.15) is 0 Å². The SMILES string of the molecule is C[C@@H]1CCCN1CCN1Cc2cc(I)ccc2C1=O. The normalized spacial score (nSPS) is 23.2. The zero-order chi connectivity index (χ0) is 13.4. The minimum absolute atomic E-state index is 0.207. The van der Waals surface area contributed by atoms with Gasteiger partial charge in [0.15, 0.2) is 0 Å². The summed E-state index contributed by atoms with van der Waals surface area (Å²) >= 11 is 2.30. The first-order chi connectivity index (χ1) is 9.15. The fourth-order valence-electron chi connectivity index (χ4n) is 3.10. The topological polar surface area (TPSA) is 23.6 Å². The average Bonchev–Trinajstić information content (AvgIpc) is 2.91. The number of amides is 1. The van der Waals surface area contributed by atoms with Gasteiger partial charge < -0.3 is 4.90 Å². The molecule has 2 aliphatic rings. The molecule has 0 unspecified atom stereocenters. The highest BCUT2D eigenvalue weighted by Gasteiger charge is 2.28. The summed E-state index contributed by atoms with van der Waals surface area (Å²) in [6, 6.07) is 6.80. The van der Waals surface area contributed by atoms with Gasteiger partial charge >= 0.3 is 0 Å². The quantitative estimate of drug-likeness (QED) is 0.764. The summed E-state index contributed by atoms with van der Waals surface area (Å²) < 4.78 is 1.21. The number of fused-ring (bicyclic) bond motifs is 1. The van der Waals surface area contributed by atoms with Crippen LogP contribution in [0.2, 0.25) is 0 Å². The molecule has 2 aliphatic heterocycles. The van der Waals surface area contributed by atoms with E-state index in [4.69, 9.17) is 0 Å². The molecule has 4 heteroatoms. The minimum Gasteiger partial charge on any atom is -0.333 e. The molecule has 1 amide bonds. The molecular weight excluding hydrogens is 351 g/mol. The van der Waals surface area contributed by atoms with Gasteiger partial charge in [0.25, 0.3) is 5.91 Å². The van der Waals surface area contributed by atoms with Crippen molar-refractivity contribution in [1.82, 2.24) is 9.80 Å². The maximum Gasteiger partial charge on any atom is 0.254 e. The van der Waals surface area contributed by atoms with Crippen molar-refractivity contribution in [2.24, 2.45) is 0 Å². The zero-order valence-corrected chi connectivity index (χ0v) is 13.4. The van der Waals surface area contributed by atoms with Crippen LogP contribution < -0.4 is 0 Å². The Kier molecular flexibility index (Phi) is 3.80. The van der Waals surface area contributed by atoms with Crippen molar-refractivity contribution in [2.75, 3.05) is 19.6 Å². The predicted molar refractivity (Wildman–Crippen MR) is 84.2 cm³/mol. The van der Waals surface area contributed by atoms with Gasteiger partial charge in [-0.1, -0.05) is 0 Å². The standard InChI is InChI=1S/C15H19IN2O/c1-11-3-2-6-17(11)7-8-18-10-12-9-13(16)4-5-14(12)15(18)19/h4-5,9,11H,2-3,6-8,10H2,1H3/t11-/m1/s1. The molecule has 1 saturated heterocycles. The summed E-state index contributed by atoms with van der Waals surface area (Å²) in [7, 11) is 0. The highest BCUT2D eigenvalue weighted by Crippen LogP contribution is 2.25. The maximum absolute atomic E-state index is 12.3. The first kappa shape index (κ1) is 13.4. The van der Waals surface area contributed by atoms with Gasteiger partial charge in [-0.15, -0.1) is 0 Å². The average molecular weight is 370 g/mol. The number of hydrogen-bond acceptors (Lipinski definition) is 2. The van der Waals surface area contributed by atoms with Crippen LogP contribution in [-0.2, 0) is 6.54 Å². The fourth-order valence-corrected chi connectivity index (χ4v) is 3.66. The van der Waals surface area contributed by atoms with Crippen LogP contribution in [0.1, 0.15) is 35.7 Å². The van der Waals surface area contributed by atoms with Gasteiger partial charge in [0.1, 0.15) is 0 Å². The Bertz CT molecular complexity index is 503. The molecule has 1 aromatic carbocycles. The summed E-state index contributed by atoms with van der Waals surface area (Å²) in [4.78, 5) is 16.8. The number of nitrogens with zero attached hydrogens (tertiary/aromatic N) is 2.